The molecule has 1 aromatic carbocycles. The van der Waals surface area contributed by atoms with Gasteiger partial charge in [-0.3, -0.25) is 4.79 Å². The second-order valence-electron chi connectivity index (χ2n) is 6.72. The molecular weight excluding hydrogens is 340 g/mol. The van der Waals surface area contributed by atoms with Crippen molar-refractivity contribution in [3.8, 4) is 5.82 Å². The third-order valence-corrected chi connectivity index (χ3v) is 4.77. The Kier molecular flexibility index (Phi) is 4.82. The van der Waals surface area contributed by atoms with Crippen LogP contribution in [0.1, 0.15) is 11.1 Å². The molecule has 3 aromatic rings. The van der Waals surface area contributed by atoms with Crippen molar-refractivity contribution in [2.24, 2.45) is 0 Å². The number of carbonyl (C=O) groups is 1. The molecular formula is C20H22N6O. The molecule has 1 aliphatic rings. The number of aryl methyl sites for hydroxylation is 1. The zero-order valence-electron chi connectivity index (χ0n) is 15.3. The predicted molar refractivity (Wildman–Crippen MR) is 103 cm³/mol. The fourth-order valence-electron chi connectivity index (χ4n) is 3.33. The monoisotopic (exact) mass is 362 g/mol. The highest BCUT2D eigenvalue weighted by Crippen LogP contribution is 2.16. The molecule has 0 N–H and O–H groups in total. The summed E-state index contributed by atoms with van der Waals surface area (Å²) in [7, 11) is 0. The second kappa shape index (κ2) is 7.57. The summed E-state index contributed by atoms with van der Waals surface area (Å²) < 4.78 is 1.72. The van der Waals surface area contributed by atoms with E-state index in [4.69, 9.17) is 0 Å². The van der Waals surface area contributed by atoms with Crippen LogP contribution in [0.5, 0.6) is 0 Å². The summed E-state index contributed by atoms with van der Waals surface area (Å²) in [5, 5.41) is 4.21. The maximum absolute atomic E-state index is 12.6. The third kappa shape index (κ3) is 3.97. The average molecular weight is 362 g/mol. The van der Waals surface area contributed by atoms with E-state index in [0.717, 1.165) is 30.3 Å². The van der Waals surface area contributed by atoms with Crippen LogP contribution in [0.3, 0.4) is 0 Å². The molecule has 1 amide bonds. The number of aromatic nitrogens is 4. The van der Waals surface area contributed by atoms with Gasteiger partial charge in [0, 0.05) is 44.6 Å². The summed E-state index contributed by atoms with van der Waals surface area (Å²) in [4.78, 5) is 25.4. The van der Waals surface area contributed by atoms with Gasteiger partial charge in [-0.15, -0.1) is 0 Å². The highest BCUT2D eigenvalue weighted by Gasteiger charge is 2.22. The molecule has 138 valence electrons. The van der Waals surface area contributed by atoms with E-state index >= 15 is 0 Å². The van der Waals surface area contributed by atoms with Gasteiger partial charge in [0.1, 0.15) is 12.1 Å². The van der Waals surface area contributed by atoms with Crippen LogP contribution >= 0.6 is 0 Å². The zero-order valence-corrected chi connectivity index (χ0v) is 15.3. The average Bonchev–Trinajstić information content (AvgIpc) is 3.23. The lowest BCUT2D eigenvalue weighted by atomic mass is 10.1. The standard InChI is InChI=1S/C20H22N6O/c1-16-4-2-5-17(12-16)13-20(27)25-10-8-24(9-11-25)18-14-19(22-15-21-18)26-7-3-6-23-26/h2-7,12,14-15H,8-11,13H2,1H3. The number of rotatable bonds is 4. The van der Waals surface area contributed by atoms with Crippen molar-refractivity contribution in [1.82, 2.24) is 24.6 Å². The van der Waals surface area contributed by atoms with Gasteiger partial charge in [-0.25, -0.2) is 14.6 Å². The van der Waals surface area contributed by atoms with Crippen molar-refractivity contribution in [3.63, 3.8) is 0 Å². The molecule has 0 bridgehead atoms. The Bertz CT molecular complexity index is 916. The van der Waals surface area contributed by atoms with Crippen molar-refractivity contribution in [2.75, 3.05) is 31.1 Å². The molecule has 1 fully saturated rings. The summed E-state index contributed by atoms with van der Waals surface area (Å²) in [5.74, 6) is 1.78. The normalized spacial score (nSPS) is 14.4. The van der Waals surface area contributed by atoms with Crippen LogP contribution in [0.25, 0.3) is 5.82 Å². The molecule has 7 heteroatoms. The Labute approximate surface area is 158 Å². The van der Waals surface area contributed by atoms with Gasteiger partial charge in [0.25, 0.3) is 0 Å². The molecule has 0 saturated carbocycles. The van der Waals surface area contributed by atoms with E-state index in [9.17, 15) is 4.79 Å². The van der Waals surface area contributed by atoms with Gasteiger partial charge in [-0.1, -0.05) is 29.8 Å². The third-order valence-electron chi connectivity index (χ3n) is 4.77. The van der Waals surface area contributed by atoms with E-state index in [1.165, 1.54) is 5.56 Å². The Balaban J connectivity index is 1.37. The maximum atomic E-state index is 12.6. The first-order chi connectivity index (χ1) is 13.2. The number of hydrogen-bond donors (Lipinski definition) is 0. The number of carbonyl (C=O) groups excluding carboxylic acids is 1. The van der Waals surface area contributed by atoms with Crippen molar-refractivity contribution in [1.29, 1.82) is 0 Å². The molecule has 1 saturated heterocycles. The molecule has 0 unspecified atom stereocenters. The first kappa shape index (κ1) is 17.2. The van der Waals surface area contributed by atoms with Gasteiger partial charge in [0.05, 0.1) is 6.42 Å². The highest BCUT2D eigenvalue weighted by atomic mass is 16.2. The number of benzene rings is 1. The maximum Gasteiger partial charge on any atom is 0.227 e. The van der Waals surface area contributed by atoms with Gasteiger partial charge in [-0.05, 0) is 18.6 Å². The molecule has 0 radical (unpaired) electrons. The molecule has 2 aromatic heterocycles. The minimum Gasteiger partial charge on any atom is -0.353 e. The number of piperazine rings is 1. The fourth-order valence-corrected chi connectivity index (χ4v) is 3.33. The summed E-state index contributed by atoms with van der Waals surface area (Å²) in [6.07, 6.45) is 5.59. The van der Waals surface area contributed by atoms with Gasteiger partial charge in [0.2, 0.25) is 5.91 Å². The Morgan fingerprint density at radius 1 is 1.04 bits per heavy atom. The highest BCUT2D eigenvalue weighted by molar-refractivity contribution is 5.79. The van der Waals surface area contributed by atoms with Crippen LogP contribution in [-0.4, -0.2) is 56.7 Å². The second-order valence-corrected chi connectivity index (χ2v) is 6.72. The SMILES string of the molecule is Cc1cccc(CC(=O)N2CCN(c3cc(-n4cccn4)ncn3)CC2)c1. The van der Waals surface area contributed by atoms with Gasteiger partial charge in [-0.2, -0.15) is 5.10 Å². The van der Waals surface area contributed by atoms with Crippen LogP contribution in [0.15, 0.2) is 55.1 Å². The van der Waals surface area contributed by atoms with Crippen molar-refractivity contribution >= 4 is 11.7 Å². The minimum absolute atomic E-state index is 0.181. The number of nitrogens with zero attached hydrogens (tertiary/aromatic N) is 6. The summed E-state index contributed by atoms with van der Waals surface area (Å²) in [6.45, 7) is 4.97. The van der Waals surface area contributed by atoms with E-state index in [0.29, 0.717) is 19.5 Å². The number of hydrogen-bond acceptors (Lipinski definition) is 5. The fraction of sp³-hybridized carbons (Fsp3) is 0.300. The van der Waals surface area contributed by atoms with E-state index in [-0.39, 0.29) is 5.91 Å². The molecule has 0 aliphatic carbocycles. The van der Waals surface area contributed by atoms with Gasteiger partial charge < -0.3 is 9.80 Å². The molecule has 3 heterocycles. The van der Waals surface area contributed by atoms with E-state index in [1.807, 2.05) is 48.4 Å². The first-order valence-corrected chi connectivity index (χ1v) is 9.09. The van der Waals surface area contributed by atoms with E-state index in [1.54, 1.807) is 17.2 Å². The molecule has 4 rings (SSSR count). The lowest BCUT2D eigenvalue weighted by Crippen LogP contribution is -2.49. The van der Waals surface area contributed by atoms with Crippen molar-refractivity contribution < 1.29 is 4.79 Å². The smallest absolute Gasteiger partial charge is 0.227 e. The topological polar surface area (TPSA) is 67.2 Å². The molecule has 0 spiro atoms. The molecule has 7 nitrogen and oxygen atoms in total. The van der Waals surface area contributed by atoms with E-state index in [2.05, 4.69) is 26.0 Å². The minimum atomic E-state index is 0.181. The van der Waals surface area contributed by atoms with Crippen molar-refractivity contribution in [3.05, 3.63) is 66.2 Å². The van der Waals surface area contributed by atoms with Crippen molar-refractivity contribution in [2.45, 2.75) is 13.3 Å². The molecule has 1 aliphatic heterocycles. The number of amides is 1. The predicted octanol–water partition coefficient (Wildman–Crippen LogP) is 1.86. The zero-order chi connectivity index (χ0) is 18.6. The lowest BCUT2D eigenvalue weighted by Gasteiger charge is -2.35. The molecule has 0 atom stereocenters. The number of anilines is 1. The van der Waals surface area contributed by atoms with Crippen LogP contribution < -0.4 is 4.90 Å². The van der Waals surface area contributed by atoms with Gasteiger partial charge in [0.15, 0.2) is 5.82 Å². The van der Waals surface area contributed by atoms with Crippen LogP contribution in [0.2, 0.25) is 0 Å². The van der Waals surface area contributed by atoms with Gasteiger partial charge >= 0.3 is 0 Å². The Morgan fingerprint density at radius 3 is 2.59 bits per heavy atom. The molecule has 27 heavy (non-hydrogen) atoms. The lowest BCUT2D eigenvalue weighted by molar-refractivity contribution is -0.130. The largest absolute Gasteiger partial charge is 0.353 e. The van der Waals surface area contributed by atoms with Crippen LogP contribution in [0.4, 0.5) is 5.82 Å². The summed E-state index contributed by atoms with van der Waals surface area (Å²) >= 11 is 0. The Hall–Kier alpha value is -3.22. The van der Waals surface area contributed by atoms with Crippen LogP contribution in [0, 0.1) is 6.92 Å². The Morgan fingerprint density at radius 2 is 1.85 bits per heavy atom. The quantitative estimate of drug-likeness (QED) is 0.709. The summed E-state index contributed by atoms with van der Waals surface area (Å²) in [5.41, 5.74) is 2.25. The van der Waals surface area contributed by atoms with E-state index < -0.39 is 0 Å². The summed E-state index contributed by atoms with van der Waals surface area (Å²) in [6, 6.07) is 11.9. The first-order valence-electron chi connectivity index (χ1n) is 9.09. The van der Waals surface area contributed by atoms with Crippen LogP contribution in [-0.2, 0) is 11.2 Å².